The Balaban J connectivity index is 1.34. The van der Waals surface area contributed by atoms with E-state index < -0.39 is 15.7 Å². The Hall–Kier alpha value is -4.05. The topological polar surface area (TPSA) is 158 Å². The van der Waals surface area contributed by atoms with E-state index >= 15 is 0 Å². The van der Waals surface area contributed by atoms with Crippen molar-refractivity contribution < 1.29 is 27.5 Å². The van der Waals surface area contributed by atoms with Gasteiger partial charge in [0.15, 0.2) is 33.1 Å². The van der Waals surface area contributed by atoms with E-state index in [9.17, 15) is 13.2 Å². The van der Waals surface area contributed by atoms with Gasteiger partial charge in [0.05, 0.1) is 10.6 Å². The number of methoxy groups -OCH3 is 1. The molecule has 3 aromatic heterocycles. The Kier molecular flexibility index (Phi) is 9.86. The van der Waals surface area contributed by atoms with Crippen LogP contribution < -0.4 is 10.1 Å². The predicted octanol–water partition coefficient (Wildman–Crippen LogP) is 2.93. The molecule has 0 saturated carbocycles. The smallest absolute Gasteiger partial charge is 0.280 e. The molecule has 1 saturated heterocycles. The van der Waals surface area contributed by atoms with E-state index in [1.807, 2.05) is 0 Å². The first-order valence-corrected chi connectivity index (χ1v) is 16.0. The van der Waals surface area contributed by atoms with Crippen molar-refractivity contribution >= 4 is 48.3 Å². The number of nitrogens with one attached hydrogen (secondary N) is 1. The van der Waals surface area contributed by atoms with Crippen LogP contribution in [0.15, 0.2) is 64.9 Å². The molecule has 1 fully saturated rings. The lowest BCUT2D eigenvalue weighted by atomic mass is 10.1. The zero-order valence-electron chi connectivity index (χ0n) is 23.7. The highest BCUT2D eigenvalue weighted by Gasteiger charge is 2.23. The molecule has 0 aliphatic carbocycles. The number of fused-ring (bicyclic) bond motifs is 1. The molecule has 1 aliphatic heterocycles. The van der Waals surface area contributed by atoms with Crippen LogP contribution in [0, 0.1) is 0 Å². The number of nitrogens with zero attached hydrogens (tertiary/aromatic N) is 6. The van der Waals surface area contributed by atoms with Crippen LogP contribution in [0.1, 0.15) is 24.2 Å². The van der Waals surface area contributed by atoms with Crippen molar-refractivity contribution in [2.45, 2.75) is 30.4 Å². The summed E-state index contributed by atoms with van der Waals surface area (Å²) in [4.78, 5) is 39.0. The van der Waals surface area contributed by atoms with Crippen LogP contribution in [0.4, 0.5) is 5.13 Å². The molecule has 13 nitrogen and oxygen atoms in total. The first kappa shape index (κ1) is 30.4. The van der Waals surface area contributed by atoms with E-state index in [-0.39, 0.29) is 29.1 Å². The van der Waals surface area contributed by atoms with Gasteiger partial charge in [-0.3, -0.25) is 10.1 Å². The summed E-state index contributed by atoms with van der Waals surface area (Å²) in [5, 5.41) is 7.14. The summed E-state index contributed by atoms with van der Waals surface area (Å²) in [6.07, 6.45) is 4.51. The van der Waals surface area contributed by atoms with Crippen molar-refractivity contribution in [3.63, 3.8) is 0 Å². The third kappa shape index (κ3) is 8.07. The van der Waals surface area contributed by atoms with Crippen LogP contribution in [0.3, 0.4) is 0 Å². The molecule has 1 N–H and O–H groups in total. The fraction of sp³-hybridized carbons (Fsp3) is 0.357. The lowest BCUT2D eigenvalue weighted by Gasteiger charge is -2.12. The summed E-state index contributed by atoms with van der Waals surface area (Å²) in [5.41, 5.74) is 0.870. The van der Waals surface area contributed by atoms with Gasteiger partial charge in [-0.2, -0.15) is 0 Å². The average Bonchev–Trinajstić information content (AvgIpc) is 3.60. The molecule has 0 radical (unpaired) electrons. The number of carbonyl (C=O) groups excluding carboxylic acids is 1. The van der Waals surface area contributed by atoms with E-state index in [0.717, 1.165) is 19.5 Å². The summed E-state index contributed by atoms with van der Waals surface area (Å²) in [5.74, 6) is 0.223. The molecule has 226 valence electrons. The third-order valence-electron chi connectivity index (χ3n) is 6.52. The fourth-order valence-corrected chi connectivity index (χ4v) is 6.46. The molecule has 1 aliphatic rings. The zero-order valence-corrected chi connectivity index (χ0v) is 25.3. The summed E-state index contributed by atoms with van der Waals surface area (Å²) < 4.78 is 36.4. The normalized spacial score (nSPS) is 16.0. The Morgan fingerprint density at radius 3 is 2.65 bits per heavy atom. The van der Waals surface area contributed by atoms with Gasteiger partial charge >= 0.3 is 0 Å². The molecule has 1 amide bonds. The minimum atomic E-state index is -3.52. The molecule has 43 heavy (non-hydrogen) atoms. The summed E-state index contributed by atoms with van der Waals surface area (Å²) in [6.45, 7) is 2.08. The number of likely N-dealkylation sites (tertiary alicyclic amines) is 1. The van der Waals surface area contributed by atoms with Gasteiger partial charge in [0, 0.05) is 50.8 Å². The third-order valence-corrected chi connectivity index (χ3v) is 9.22. The highest BCUT2D eigenvalue weighted by atomic mass is 32.2. The van der Waals surface area contributed by atoms with Crippen molar-refractivity contribution in [1.29, 1.82) is 0 Å². The SMILES string of the molecule is COCCCS(=O)(=O)c1ccc(/C(=N\OCc2ncccn2)C(=O)Nc2nc3ccc(O[C@@H]4CCN(C)C4)nc3s2)cc1. The number of rotatable bonds is 13. The second-order valence-corrected chi connectivity index (χ2v) is 12.9. The van der Waals surface area contributed by atoms with Crippen molar-refractivity contribution in [3.8, 4) is 5.88 Å². The first-order chi connectivity index (χ1) is 20.8. The predicted molar refractivity (Wildman–Crippen MR) is 161 cm³/mol. The average molecular weight is 626 g/mol. The number of aromatic nitrogens is 4. The maximum Gasteiger partial charge on any atom is 0.280 e. The maximum absolute atomic E-state index is 13.4. The maximum atomic E-state index is 13.4. The molecule has 1 aromatic carbocycles. The molecule has 4 heterocycles. The molecule has 0 spiro atoms. The Morgan fingerprint density at radius 1 is 1.14 bits per heavy atom. The summed E-state index contributed by atoms with van der Waals surface area (Å²) in [7, 11) is 0.0506. The van der Waals surface area contributed by atoms with Crippen molar-refractivity contribution in [1.82, 2.24) is 24.8 Å². The number of thiazole rings is 1. The van der Waals surface area contributed by atoms with Crippen LogP contribution in [-0.4, -0.2) is 90.6 Å². The van der Waals surface area contributed by atoms with Crippen molar-refractivity contribution in [2.24, 2.45) is 5.16 Å². The second kappa shape index (κ2) is 13.9. The largest absolute Gasteiger partial charge is 0.473 e. The first-order valence-electron chi connectivity index (χ1n) is 13.5. The summed E-state index contributed by atoms with van der Waals surface area (Å²) >= 11 is 1.20. The van der Waals surface area contributed by atoms with Gasteiger partial charge < -0.3 is 19.2 Å². The van der Waals surface area contributed by atoms with Gasteiger partial charge in [-0.25, -0.2) is 28.4 Å². The quantitative estimate of drug-likeness (QED) is 0.132. The molecule has 0 unspecified atom stereocenters. The number of hydrogen-bond acceptors (Lipinski definition) is 13. The Bertz CT molecular complexity index is 1680. The van der Waals surface area contributed by atoms with E-state index in [2.05, 4.69) is 42.4 Å². The number of benzene rings is 1. The van der Waals surface area contributed by atoms with Crippen LogP contribution in [-0.2, 0) is 30.8 Å². The number of hydrogen-bond donors (Lipinski definition) is 1. The molecular weight excluding hydrogens is 594 g/mol. The van der Waals surface area contributed by atoms with Crippen LogP contribution in [0.25, 0.3) is 10.3 Å². The van der Waals surface area contributed by atoms with Gasteiger partial charge in [0.25, 0.3) is 5.91 Å². The highest BCUT2D eigenvalue weighted by Crippen LogP contribution is 2.27. The van der Waals surface area contributed by atoms with Crippen LogP contribution >= 0.6 is 11.3 Å². The van der Waals surface area contributed by atoms with Crippen molar-refractivity contribution in [2.75, 3.05) is 44.9 Å². The van der Waals surface area contributed by atoms with E-state index in [1.165, 1.54) is 42.7 Å². The molecular formula is C28H31N7O6S2. The number of amides is 1. The lowest BCUT2D eigenvalue weighted by molar-refractivity contribution is -0.110. The molecule has 15 heteroatoms. The lowest BCUT2D eigenvalue weighted by Crippen LogP contribution is -2.24. The Labute approximate surface area is 252 Å². The van der Waals surface area contributed by atoms with Crippen molar-refractivity contribution in [3.05, 3.63) is 66.2 Å². The van der Waals surface area contributed by atoms with E-state index in [1.54, 1.807) is 30.6 Å². The van der Waals surface area contributed by atoms with Gasteiger partial charge in [-0.1, -0.05) is 28.6 Å². The monoisotopic (exact) mass is 625 g/mol. The van der Waals surface area contributed by atoms with E-state index in [0.29, 0.717) is 45.8 Å². The minimum absolute atomic E-state index is 0.0576. The highest BCUT2D eigenvalue weighted by molar-refractivity contribution is 7.91. The number of sulfone groups is 1. The van der Waals surface area contributed by atoms with Crippen LogP contribution in [0.5, 0.6) is 5.88 Å². The van der Waals surface area contributed by atoms with Gasteiger partial charge in [0.2, 0.25) is 5.88 Å². The standard InChI is InChI=1S/C28H31N7O6S2/c1-35-14-11-20(17-35)41-24-10-9-22-27(32-24)42-28(31-22)33-26(36)25(34-40-18-23-29-12-3-13-30-23)19-5-7-21(8-6-19)43(37,38)16-4-15-39-2/h3,5-10,12-13,20H,4,11,14-18H2,1-2H3,(H,31,33,36)/b34-25+/t20-/m1/s1. The molecule has 4 aromatic rings. The van der Waals surface area contributed by atoms with Gasteiger partial charge in [0.1, 0.15) is 16.5 Å². The molecule has 5 rings (SSSR count). The summed E-state index contributed by atoms with van der Waals surface area (Å²) in [6, 6.07) is 11.1. The minimum Gasteiger partial charge on any atom is -0.473 e. The zero-order chi connectivity index (χ0) is 30.2. The number of likely N-dealkylation sites (N-methyl/N-ethyl adjacent to an activating group) is 1. The van der Waals surface area contributed by atoms with Crippen LogP contribution in [0.2, 0.25) is 0 Å². The number of anilines is 1. The number of ether oxygens (including phenoxy) is 2. The molecule has 0 bridgehead atoms. The fourth-order valence-electron chi connectivity index (χ4n) is 4.35. The van der Waals surface area contributed by atoms with E-state index in [4.69, 9.17) is 14.3 Å². The number of carbonyl (C=O) groups is 1. The Morgan fingerprint density at radius 2 is 1.93 bits per heavy atom. The molecule has 1 atom stereocenters. The number of oxime groups is 1. The van der Waals surface area contributed by atoms with Gasteiger partial charge in [-0.05, 0) is 44.2 Å². The van der Waals surface area contributed by atoms with Gasteiger partial charge in [-0.15, -0.1) is 0 Å². The number of pyridine rings is 1. The second-order valence-electron chi connectivity index (χ2n) is 9.81.